The third-order valence-corrected chi connectivity index (χ3v) is 6.29. The van der Waals surface area contributed by atoms with Gasteiger partial charge in [0.15, 0.2) is 0 Å². The first-order valence-electron chi connectivity index (χ1n) is 8.80. The van der Waals surface area contributed by atoms with Crippen LogP contribution in [0, 0.1) is 12.3 Å². The minimum Gasteiger partial charge on any atom is -0.335 e. The topological polar surface area (TPSA) is 66.4 Å². The first-order valence-corrected chi connectivity index (χ1v) is 8.80. The van der Waals surface area contributed by atoms with E-state index in [0.29, 0.717) is 12.2 Å². The highest BCUT2D eigenvalue weighted by atomic mass is 16.2. The summed E-state index contributed by atoms with van der Waals surface area (Å²) in [4.78, 5) is 37.8. The van der Waals surface area contributed by atoms with Crippen molar-refractivity contribution in [2.75, 3.05) is 6.54 Å². The van der Waals surface area contributed by atoms with Crippen molar-refractivity contribution >= 4 is 11.8 Å². The molecule has 4 rings (SSSR count). The standard InChI is InChI=1S/C18H24N4O2/c1-11-8-20-14(9-19-11)17(24)21-10-13-7-18(3)15(21)5-4-6-16(18)22(13)12(2)23/h8-9,13,15-16H,4-7,10H2,1-3H3/t13-,15+,16-,18+/m0/s1. The average Bonchev–Trinajstić information content (AvgIpc) is 2.84. The molecule has 0 spiro atoms. The van der Waals surface area contributed by atoms with Crippen molar-refractivity contribution in [1.82, 2.24) is 19.8 Å². The van der Waals surface area contributed by atoms with Crippen LogP contribution in [-0.2, 0) is 4.79 Å². The number of aryl methyl sites for hydroxylation is 1. The molecule has 0 aromatic carbocycles. The van der Waals surface area contributed by atoms with E-state index in [0.717, 1.165) is 31.4 Å². The van der Waals surface area contributed by atoms with Gasteiger partial charge in [-0.3, -0.25) is 14.6 Å². The van der Waals surface area contributed by atoms with Crippen LogP contribution in [-0.4, -0.2) is 56.3 Å². The van der Waals surface area contributed by atoms with E-state index >= 15 is 0 Å². The minimum atomic E-state index is -0.0468. The molecule has 128 valence electrons. The van der Waals surface area contributed by atoms with Crippen molar-refractivity contribution in [2.24, 2.45) is 5.41 Å². The number of likely N-dealkylation sites (tertiary alicyclic amines) is 2. The van der Waals surface area contributed by atoms with Crippen LogP contribution in [0.5, 0.6) is 0 Å². The second-order valence-electron chi connectivity index (χ2n) is 7.75. The lowest BCUT2D eigenvalue weighted by atomic mass is 9.65. The molecular formula is C18H24N4O2. The molecule has 3 fully saturated rings. The van der Waals surface area contributed by atoms with Crippen LogP contribution in [0.3, 0.4) is 0 Å². The lowest BCUT2D eigenvalue weighted by Gasteiger charge is -2.49. The molecule has 1 aromatic rings. The Kier molecular flexibility index (Phi) is 3.41. The molecule has 1 aromatic heterocycles. The fourth-order valence-corrected chi connectivity index (χ4v) is 5.35. The molecule has 0 radical (unpaired) electrons. The number of aromatic nitrogens is 2. The zero-order valence-corrected chi connectivity index (χ0v) is 14.5. The highest BCUT2D eigenvalue weighted by molar-refractivity contribution is 5.92. The van der Waals surface area contributed by atoms with E-state index in [2.05, 4.69) is 21.8 Å². The summed E-state index contributed by atoms with van der Waals surface area (Å²) in [5, 5.41) is 0. The summed E-state index contributed by atoms with van der Waals surface area (Å²) in [5.74, 6) is 0.0910. The Labute approximate surface area is 142 Å². The Hall–Kier alpha value is -1.98. The summed E-state index contributed by atoms with van der Waals surface area (Å²) in [7, 11) is 0. The summed E-state index contributed by atoms with van der Waals surface area (Å²) in [5.41, 5.74) is 1.21. The molecule has 0 unspecified atom stereocenters. The van der Waals surface area contributed by atoms with Crippen LogP contribution < -0.4 is 0 Å². The van der Waals surface area contributed by atoms with Crippen LogP contribution in [0.25, 0.3) is 0 Å². The second-order valence-corrected chi connectivity index (χ2v) is 7.75. The highest BCUT2D eigenvalue weighted by Crippen LogP contribution is 2.54. The molecule has 24 heavy (non-hydrogen) atoms. The van der Waals surface area contributed by atoms with Gasteiger partial charge in [-0.05, 0) is 32.6 Å². The SMILES string of the molecule is CC(=O)N1[C@@H]2CN(C(=O)c3cnc(C)cn3)[C@@H]3CCC[C@H]1[C@]3(C)C2. The van der Waals surface area contributed by atoms with Gasteiger partial charge in [0.25, 0.3) is 5.91 Å². The molecule has 1 saturated carbocycles. The molecule has 3 heterocycles. The molecule has 2 amide bonds. The Morgan fingerprint density at radius 2 is 1.96 bits per heavy atom. The number of amides is 2. The van der Waals surface area contributed by atoms with Crippen molar-refractivity contribution < 1.29 is 9.59 Å². The quantitative estimate of drug-likeness (QED) is 0.788. The molecule has 2 bridgehead atoms. The predicted molar refractivity (Wildman–Crippen MR) is 88.3 cm³/mol. The average molecular weight is 328 g/mol. The smallest absolute Gasteiger partial charge is 0.274 e. The largest absolute Gasteiger partial charge is 0.335 e. The summed E-state index contributed by atoms with van der Waals surface area (Å²) in [6.07, 6.45) is 7.33. The lowest BCUT2D eigenvalue weighted by molar-refractivity contribution is -0.132. The number of fused-ring (bicyclic) bond motifs is 1. The Bertz CT molecular complexity index is 689. The zero-order valence-electron chi connectivity index (χ0n) is 14.5. The summed E-state index contributed by atoms with van der Waals surface area (Å²) in [6.45, 7) is 6.40. The first kappa shape index (κ1) is 15.5. The third-order valence-electron chi connectivity index (χ3n) is 6.29. The van der Waals surface area contributed by atoms with Crippen LogP contribution in [0.15, 0.2) is 12.4 Å². The van der Waals surface area contributed by atoms with E-state index in [-0.39, 0.29) is 35.4 Å². The number of carbonyl (C=O) groups is 2. The zero-order chi connectivity index (χ0) is 17.1. The van der Waals surface area contributed by atoms with E-state index in [1.165, 1.54) is 0 Å². The number of carbonyl (C=O) groups excluding carboxylic acids is 2. The van der Waals surface area contributed by atoms with Crippen LogP contribution >= 0.6 is 0 Å². The molecule has 2 saturated heterocycles. The van der Waals surface area contributed by atoms with Gasteiger partial charge in [0.1, 0.15) is 5.69 Å². The lowest BCUT2D eigenvalue weighted by Crippen LogP contribution is -2.57. The van der Waals surface area contributed by atoms with Crippen LogP contribution in [0.4, 0.5) is 0 Å². The third kappa shape index (κ3) is 2.08. The number of rotatable bonds is 1. The molecule has 0 N–H and O–H groups in total. The van der Waals surface area contributed by atoms with E-state index in [1.54, 1.807) is 19.3 Å². The number of piperidine rings is 1. The second kappa shape index (κ2) is 5.26. The summed E-state index contributed by atoms with van der Waals surface area (Å²) < 4.78 is 0. The fourth-order valence-electron chi connectivity index (χ4n) is 5.35. The maximum absolute atomic E-state index is 13.1. The summed E-state index contributed by atoms with van der Waals surface area (Å²) >= 11 is 0. The van der Waals surface area contributed by atoms with Gasteiger partial charge in [0.2, 0.25) is 5.91 Å². The Morgan fingerprint density at radius 1 is 1.21 bits per heavy atom. The van der Waals surface area contributed by atoms with E-state index < -0.39 is 0 Å². The van der Waals surface area contributed by atoms with Crippen LogP contribution in [0.2, 0.25) is 0 Å². The highest BCUT2D eigenvalue weighted by Gasteiger charge is 2.61. The van der Waals surface area contributed by atoms with Gasteiger partial charge < -0.3 is 9.80 Å². The Balaban J connectivity index is 1.70. The van der Waals surface area contributed by atoms with E-state index in [9.17, 15) is 9.59 Å². The van der Waals surface area contributed by atoms with Crippen molar-refractivity contribution in [3.05, 3.63) is 23.8 Å². The fraction of sp³-hybridized carbons (Fsp3) is 0.667. The number of hydrogen-bond acceptors (Lipinski definition) is 4. The molecule has 6 nitrogen and oxygen atoms in total. The first-order chi connectivity index (χ1) is 11.4. The van der Waals surface area contributed by atoms with Gasteiger partial charge >= 0.3 is 0 Å². The predicted octanol–water partition coefficient (Wildman–Crippen LogP) is 1.79. The molecule has 2 aliphatic heterocycles. The number of nitrogens with zero attached hydrogens (tertiary/aromatic N) is 4. The summed E-state index contributed by atoms with van der Waals surface area (Å²) in [6, 6.07) is 0.585. The van der Waals surface area contributed by atoms with Gasteiger partial charge in [-0.15, -0.1) is 0 Å². The van der Waals surface area contributed by atoms with Gasteiger partial charge in [-0.2, -0.15) is 0 Å². The maximum Gasteiger partial charge on any atom is 0.274 e. The monoisotopic (exact) mass is 328 g/mol. The van der Waals surface area contributed by atoms with Gasteiger partial charge in [0.05, 0.1) is 17.9 Å². The minimum absolute atomic E-state index is 0.000617. The van der Waals surface area contributed by atoms with Crippen molar-refractivity contribution in [1.29, 1.82) is 0 Å². The van der Waals surface area contributed by atoms with Gasteiger partial charge in [-0.25, -0.2) is 4.98 Å². The number of hydrogen-bond donors (Lipinski definition) is 0. The van der Waals surface area contributed by atoms with E-state index in [1.807, 2.05) is 11.8 Å². The molecule has 3 aliphatic rings. The molecular weight excluding hydrogens is 304 g/mol. The molecule has 6 heteroatoms. The Morgan fingerprint density at radius 3 is 2.62 bits per heavy atom. The van der Waals surface area contributed by atoms with E-state index in [4.69, 9.17) is 0 Å². The van der Waals surface area contributed by atoms with Crippen LogP contribution in [0.1, 0.15) is 55.7 Å². The molecule has 1 aliphatic carbocycles. The normalized spacial score (nSPS) is 34.4. The van der Waals surface area contributed by atoms with Crippen molar-refractivity contribution in [2.45, 2.75) is 64.6 Å². The van der Waals surface area contributed by atoms with Gasteiger partial charge in [-0.1, -0.05) is 6.92 Å². The molecule has 4 atom stereocenters. The van der Waals surface area contributed by atoms with Crippen molar-refractivity contribution in [3.8, 4) is 0 Å². The van der Waals surface area contributed by atoms with Crippen molar-refractivity contribution in [3.63, 3.8) is 0 Å². The maximum atomic E-state index is 13.1. The van der Waals surface area contributed by atoms with Gasteiger partial charge in [0, 0.05) is 37.2 Å².